The summed E-state index contributed by atoms with van der Waals surface area (Å²) in [7, 11) is 0. The summed E-state index contributed by atoms with van der Waals surface area (Å²) in [5.74, 6) is 1.26. The van der Waals surface area contributed by atoms with Gasteiger partial charge in [0.1, 0.15) is 24.3 Å². The van der Waals surface area contributed by atoms with Crippen LogP contribution in [-0.2, 0) is 9.59 Å². The Morgan fingerprint density at radius 3 is 1.38 bits per heavy atom. The average molecular weight is 645 g/mol. The number of hydrogen-bond acceptors (Lipinski definition) is 8. The number of aryl methyl sites for hydroxylation is 2. The van der Waals surface area contributed by atoms with E-state index in [0.29, 0.717) is 5.82 Å². The van der Waals surface area contributed by atoms with Gasteiger partial charge in [-0.2, -0.15) is 0 Å². The first-order valence-electron chi connectivity index (χ1n) is 16.0. The molecule has 2 aromatic heterocycles. The largest absolute Gasteiger partial charge is 0.340 e. The van der Waals surface area contributed by atoms with Crippen LogP contribution in [0.2, 0.25) is 0 Å². The Bertz CT molecular complexity index is 1950. The SMILES string of the molecule is CC.CC.CC(=O)Nc1cc2c(Nc3ccccc3)ncnc2cc1C.CC(=O)Nc1cc2ncnc(Nc3ccccc3)c2cc1C. The molecule has 0 aliphatic rings. The summed E-state index contributed by atoms with van der Waals surface area (Å²) < 4.78 is 0. The number of para-hydroxylation sites is 2. The molecule has 10 nitrogen and oxygen atoms in total. The van der Waals surface area contributed by atoms with Gasteiger partial charge in [-0.15, -0.1) is 0 Å². The van der Waals surface area contributed by atoms with Crippen molar-refractivity contribution in [2.24, 2.45) is 0 Å². The van der Waals surface area contributed by atoms with Crippen LogP contribution in [0, 0.1) is 13.8 Å². The molecule has 6 aromatic rings. The van der Waals surface area contributed by atoms with E-state index < -0.39 is 0 Å². The van der Waals surface area contributed by atoms with E-state index in [4.69, 9.17) is 0 Å². The van der Waals surface area contributed by atoms with Crippen LogP contribution in [0.3, 0.4) is 0 Å². The highest BCUT2D eigenvalue weighted by Gasteiger charge is 2.10. The fourth-order valence-corrected chi connectivity index (χ4v) is 4.58. The fourth-order valence-electron chi connectivity index (χ4n) is 4.58. The van der Waals surface area contributed by atoms with Crippen LogP contribution in [0.15, 0.2) is 97.6 Å². The molecule has 0 spiro atoms. The van der Waals surface area contributed by atoms with E-state index in [-0.39, 0.29) is 11.8 Å². The van der Waals surface area contributed by atoms with Gasteiger partial charge in [-0.3, -0.25) is 9.59 Å². The topological polar surface area (TPSA) is 134 Å². The summed E-state index contributed by atoms with van der Waals surface area (Å²) in [6.07, 6.45) is 3.05. The van der Waals surface area contributed by atoms with Crippen LogP contribution in [-0.4, -0.2) is 31.8 Å². The minimum atomic E-state index is -0.100. The predicted molar refractivity (Wildman–Crippen MR) is 199 cm³/mol. The normalized spacial score (nSPS) is 9.83. The lowest BCUT2D eigenvalue weighted by atomic mass is 10.1. The summed E-state index contributed by atoms with van der Waals surface area (Å²) in [6.45, 7) is 14.9. The monoisotopic (exact) mass is 644 g/mol. The Morgan fingerprint density at radius 2 is 0.917 bits per heavy atom. The van der Waals surface area contributed by atoms with Crippen molar-refractivity contribution in [1.82, 2.24) is 19.9 Å². The minimum Gasteiger partial charge on any atom is -0.340 e. The minimum absolute atomic E-state index is 0.0980. The maximum absolute atomic E-state index is 11.3. The second-order valence-corrected chi connectivity index (χ2v) is 10.2. The number of carbonyl (C=O) groups excluding carboxylic acids is 2. The Morgan fingerprint density at radius 1 is 0.521 bits per heavy atom. The van der Waals surface area contributed by atoms with Crippen molar-refractivity contribution < 1.29 is 9.59 Å². The van der Waals surface area contributed by atoms with E-state index in [1.807, 2.05) is 126 Å². The van der Waals surface area contributed by atoms with Crippen LogP contribution in [0.25, 0.3) is 21.8 Å². The van der Waals surface area contributed by atoms with Crippen molar-refractivity contribution in [3.63, 3.8) is 0 Å². The van der Waals surface area contributed by atoms with Crippen LogP contribution < -0.4 is 21.3 Å². The van der Waals surface area contributed by atoms with Crippen LogP contribution in [0.5, 0.6) is 0 Å². The zero-order valence-corrected chi connectivity index (χ0v) is 28.8. The fraction of sp³-hybridized carbons (Fsp3) is 0.211. The second kappa shape index (κ2) is 18.3. The van der Waals surface area contributed by atoms with Crippen molar-refractivity contribution in [1.29, 1.82) is 0 Å². The number of carbonyl (C=O) groups is 2. The van der Waals surface area contributed by atoms with Gasteiger partial charge in [0.15, 0.2) is 0 Å². The third-order valence-corrected chi connectivity index (χ3v) is 6.66. The molecule has 0 radical (unpaired) electrons. The zero-order valence-electron chi connectivity index (χ0n) is 28.8. The van der Waals surface area contributed by atoms with Gasteiger partial charge in [-0.1, -0.05) is 64.1 Å². The van der Waals surface area contributed by atoms with E-state index in [9.17, 15) is 9.59 Å². The van der Waals surface area contributed by atoms with Crippen molar-refractivity contribution in [2.45, 2.75) is 55.4 Å². The Balaban J connectivity index is 0.000000236. The number of aromatic nitrogens is 4. The van der Waals surface area contributed by atoms with Crippen LogP contribution in [0.4, 0.5) is 34.4 Å². The standard InChI is InChI=1S/2C17H16N4O.2C2H6/c1-11-8-16-14(9-15(11)20-12(2)22)17(19-10-18-16)21-13-6-4-3-5-7-13;1-11-8-14-16(9-15(11)20-12(2)22)18-10-19-17(14)21-13-6-4-3-5-7-13;2*1-2/h2*3-10H,1-2H3,(H,20,22)(H,18,19,21);2*1-2H3. The summed E-state index contributed by atoms with van der Waals surface area (Å²) in [4.78, 5) is 39.8. The molecule has 0 saturated heterocycles. The van der Waals surface area contributed by atoms with E-state index in [2.05, 4.69) is 41.2 Å². The highest BCUT2D eigenvalue weighted by Crippen LogP contribution is 2.29. The molecular formula is C38H44N8O2. The summed E-state index contributed by atoms with van der Waals surface area (Å²) in [5, 5.41) is 14.0. The van der Waals surface area contributed by atoms with E-state index in [1.165, 1.54) is 26.5 Å². The first-order chi connectivity index (χ1) is 23.3. The number of nitrogens with one attached hydrogen (secondary N) is 4. The van der Waals surface area contributed by atoms with Gasteiger partial charge in [0.25, 0.3) is 0 Å². The van der Waals surface area contributed by atoms with Gasteiger partial charge < -0.3 is 21.3 Å². The number of anilines is 6. The highest BCUT2D eigenvalue weighted by molar-refractivity contribution is 5.98. The number of hydrogen-bond donors (Lipinski definition) is 4. The Labute approximate surface area is 282 Å². The Kier molecular flexibility index (Phi) is 13.9. The van der Waals surface area contributed by atoms with Crippen molar-refractivity contribution in [2.75, 3.05) is 21.3 Å². The first-order valence-corrected chi connectivity index (χ1v) is 16.0. The van der Waals surface area contributed by atoms with Gasteiger partial charge in [0.2, 0.25) is 11.8 Å². The molecule has 0 aliphatic heterocycles. The molecule has 0 atom stereocenters. The van der Waals surface area contributed by atoms with Gasteiger partial charge in [0.05, 0.1) is 11.0 Å². The van der Waals surface area contributed by atoms with Gasteiger partial charge >= 0.3 is 0 Å². The lowest BCUT2D eigenvalue weighted by Gasteiger charge is -2.12. The van der Waals surface area contributed by atoms with Gasteiger partial charge in [-0.25, -0.2) is 19.9 Å². The molecular weight excluding hydrogens is 600 g/mol. The molecule has 48 heavy (non-hydrogen) atoms. The summed E-state index contributed by atoms with van der Waals surface area (Å²) >= 11 is 0. The second-order valence-electron chi connectivity index (χ2n) is 10.2. The van der Waals surface area contributed by atoms with Crippen molar-refractivity contribution >= 4 is 68.0 Å². The molecule has 248 valence electrons. The van der Waals surface area contributed by atoms with E-state index >= 15 is 0 Å². The Hall–Kier alpha value is -5.90. The molecule has 0 aliphatic carbocycles. The number of rotatable bonds is 6. The highest BCUT2D eigenvalue weighted by atomic mass is 16.2. The molecule has 0 bridgehead atoms. The molecule has 0 unspecified atom stereocenters. The first kappa shape index (κ1) is 36.6. The molecule has 2 heterocycles. The van der Waals surface area contributed by atoms with Crippen LogP contribution >= 0.6 is 0 Å². The molecule has 0 fully saturated rings. The third-order valence-electron chi connectivity index (χ3n) is 6.66. The maximum atomic E-state index is 11.3. The molecule has 4 aromatic carbocycles. The molecule has 0 saturated carbocycles. The average Bonchev–Trinajstić information content (AvgIpc) is 3.09. The summed E-state index contributed by atoms with van der Waals surface area (Å²) in [5.41, 5.74) is 6.99. The maximum Gasteiger partial charge on any atom is 0.221 e. The summed E-state index contributed by atoms with van der Waals surface area (Å²) in [6, 6.07) is 27.3. The number of fused-ring (bicyclic) bond motifs is 2. The molecule has 6 rings (SSSR count). The number of amides is 2. The quantitative estimate of drug-likeness (QED) is 0.141. The van der Waals surface area contributed by atoms with Crippen molar-refractivity contribution in [3.8, 4) is 0 Å². The smallest absolute Gasteiger partial charge is 0.221 e. The zero-order chi connectivity index (χ0) is 35.1. The van der Waals surface area contributed by atoms with E-state index in [0.717, 1.165) is 61.5 Å². The molecule has 2 amide bonds. The van der Waals surface area contributed by atoms with Crippen molar-refractivity contribution in [3.05, 3.63) is 109 Å². The lowest BCUT2D eigenvalue weighted by molar-refractivity contribution is -0.115. The van der Waals surface area contributed by atoms with E-state index in [1.54, 1.807) is 0 Å². The van der Waals surface area contributed by atoms with Gasteiger partial charge in [0, 0.05) is 47.4 Å². The molecule has 10 heteroatoms. The molecule has 4 N–H and O–H groups in total. The number of nitrogens with zero attached hydrogens (tertiary/aromatic N) is 4. The predicted octanol–water partition coefficient (Wildman–Crippen LogP) is 9.33. The third kappa shape index (κ3) is 10.1. The van der Waals surface area contributed by atoms with Crippen LogP contribution in [0.1, 0.15) is 52.7 Å². The number of benzene rings is 4. The lowest BCUT2D eigenvalue weighted by Crippen LogP contribution is -2.07. The van der Waals surface area contributed by atoms with Gasteiger partial charge in [-0.05, 0) is 73.5 Å².